The van der Waals surface area contributed by atoms with E-state index in [0.29, 0.717) is 0 Å². The number of hydrogen-bond donors (Lipinski definition) is 0. The molecule has 0 nitrogen and oxygen atoms in total. The van der Waals surface area contributed by atoms with Crippen LogP contribution in [-0.4, -0.2) is 0 Å². The van der Waals surface area contributed by atoms with E-state index >= 15 is 0 Å². The van der Waals surface area contributed by atoms with Gasteiger partial charge in [-0.2, -0.15) is 0 Å². The summed E-state index contributed by atoms with van der Waals surface area (Å²) < 4.78 is 0. The fraction of sp³-hybridized carbons (Fsp3) is 0.652. The van der Waals surface area contributed by atoms with E-state index in [1.807, 2.05) is 0 Å². The zero-order valence-corrected chi connectivity index (χ0v) is 16.1. The molecular weight excluding hydrogens is 276 g/mol. The number of allylic oxidation sites excluding steroid dienone is 2. The molecule has 0 atom stereocenters. The van der Waals surface area contributed by atoms with Crippen molar-refractivity contribution in [1.82, 2.24) is 0 Å². The fourth-order valence-electron chi connectivity index (χ4n) is 3.34. The minimum absolute atomic E-state index is 1.24. The normalized spacial score (nSPS) is 11.9. The molecule has 0 aliphatic heterocycles. The van der Waals surface area contributed by atoms with Gasteiger partial charge in [0.05, 0.1) is 0 Å². The van der Waals surface area contributed by atoms with Crippen molar-refractivity contribution in [2.45, 2.75) is 98.3 Å². The minimum Gasteiger partial charge on any atom is -0.0841 e. The van der Waals surface area contributed by atoms with Gasteiger partial charge < -0.3 is 0 Å². The van der Waals surface area contributed by atoms with E-state index in [1.165, 1.54) is 87.3 Å². The van der Waals surface area contributed by atoms with Gasteiger partial charge in [-0.05, 0) is 55.9 Å². The molecule has 0 saturated carbocycles. The summed E-state index contributed by atoms with van der Waals surface area (Å²) in [5, 5.41) is 0. The minimum atomic E-state index is 1.24. The van der Waals surface area contributed by atoms with Crippen molar-refractivity contribution in [3.8, 4) is 0 Å². The summed E-state index contributed by atoms with van der Waals surface area (Å²) in [6.45, 7) is 8.92. The van der Waals surface area contributed by atoms with Gasteiger partial charge >= 0.3 is 0 Å². The van der Waals surface area contributed by atoms with Crippen molar-refractivity contribution in [1.29, 1.82) is 0 Å². The first-order valence-electron chi connectivity index (χ1n) is 9.92. The molecule has 0 saturated heterocycles. The third-order valence-corrected chi connectivity index (χ3v) is 5.10. The average Bonchev–Trinajstić information content (AvgIpc) is 2.57. The molecule has 0 aliphatic rings. The number of unbranched alkanes of at least 4 members (excludes halogenated alkanes) is 9. The van der Waals surface area contributed by atoms with Crippen LogP contribution in [0.4, 0.5) is 0 Å². The van der Waals surface area contributed by atoms with E-state index in [-0.39, 0.29) is 0 Å². The molecule has 0 unspecified atom stereocenters. The number of rotatable bonds is 12. The smallest absolute Gasteiger partial charge is 0.0199 e. The summed E-state index contributed by atoms with van der Waals surface area (Å²) in [5.41, 5.74) is 5.85. The van der Waals surface area contributed by atoms with Crippen LogP contribution in [0.25, 0.3) is 5.57 Å². The predicted octanol–water partition coefficient (Wildman–Crippen LogP) is 7.88. The first kappa shape index (κ1) is 20.0. The Kier molecular flexibility index (Phi) is 10.8. The van der Waals surface area contributed by atoms with Crippen LogP contribution in [0.5, 0.6) is 0 Å². The molecule has 0 heteroatoms. The Balaban J connectivity index is 2.19. The second-order valence-electron chi connectivity index (χ2n) is 6.99. The van der Waals surface area contributed by atoms with E-state index in [0.717, 1.165) is 0 Å². The van der Waals surface area contributed by atoms with Gasteiger partial charge in [-0.3, -0.25) is 0 Å². The Morgan fingerprint density at radius 2 is 1.43 bits per heavy atom. The first-order chi connectivity index (χ1) is 11.2. The van der Waals surface area contributed by atoms with E-state index < -0.39 is 0 Å². The van der Waals surface area contributed by atoms with Crippen LogP contribution >= 0.6 is 0 Å². The molecule has 1 rings (SSSR count). The largest absolute Gasteiger partial charge is 0.0841 e. The molecule has 0 fully saturated rings. The fourth-order valence-corrected chi connectivity index (χ4v) is 3.34. The van der Waals surface area contributed by atoms with Crippen molar-refractivity contribution < 1.29 is 0 Å². The molecule has 0 heterocycles. The van der Waals surface area contributed by atoms with Crippen LogP contribution in [0, 0.1) is 6.92 Å². The summed E-state index contributed by atoms with van der Waals surface area (Å²) in [6, 6.07) is 6.79. The van der Waals surface area contributed by atoms with E-state index in [1.54, 1.807) is 5.56 Å². The molecule has 1 aromatic carbocycles. The Morgan fingerprint density at radius 1 is 0.870 bits per heavy atom. The molecule has 130 valence electrons. The molecule has 0 aliphatic carbocycles. The van der Waals surface area contributed by atoms with Crippen LogP contribution in [0.1, 0.15) is 102 Å². The highest BCUT2D eigenvalue weighted by Gasteiger charge is 2.04. The number of aryl methyl sites for hydroxylation is 1. The zero-order valence-electron chi connectivity index (χ0n) is 16.1. The second kappa shape index (κ2) is 12.4. The van der Waals surface area contributed by atoms with Gasteiger partial charge in [-0.1, -0.05) is 89.0 Å². The van der Waals surface area contributed by atoms with E-state index in [4.69, 9.17) is 0 Å². The van der Waals surface area contributed by atoms with Crippen molar-refractivity contribution in [3.63, 3.8) is 0 Å². The van der Waals surface area contributed by atoms with Crippen molar-refractivity contribution in [3.05, 3.63) is 41.0 Å². The summed E-state index contributed by atoms with van der Waals surface area (Å²) in [5.74, 6) is 0. The maximum Gasteiger partial charge on any atom is -0.0199 e. The van der Waals surface area contributed by atoms with Gasteiger partial charge in [0, 0.05) is 0 Å². The molecule has 0 aromatic heterocycles. The second-order valence-corrected chi connectivity index (χ2v) is 6.99. The maximum atomic E-state index is 2.31. The molecular formula is C23H38. The highest BCUT2D eigenvalue weighted by Crippen LogP contribution is 2.23. The van der Waals surface area contributed by atoms with Crippen LogP contribution in [0.2, 0.25) is 0 Å². The van der Waals surface area contributed by atoms with Crippen molar-refractivity contribution in [2.75, 3.05) is 0 Å². The Hall–Kier alpha value is -1.04. The van der Waals surface area contributed by atoms with Crippen LogP contribution in [-0.2, 0) is 6.42 Å². The van der Waals surface area contributed by atoms with Crippen LogP contribution in [0.3, 0.4) is 0 Å². The van der Waals surface area contributed by atoms with Gasteiger partial charge in [0.2, 0.25) is 0 Å². The quantitative estimate of drug-likeness (QED) is 0.344. The van der Waals surface area contributed by atoms with Crippen molar-refractivity contribution in [2.24, 2.45) is 0 Å². The summed E-state index contributed by atoms with van der Waals surface area (Å²) in [7, 11) is 0. The lowest BCUT2D eigenvalue weighted by Gasteiger charge is -2.12. The standard InChI is InChI=1S/C23H38/c1-5-7-8-9-10-11-12-13-14-15-17-22-18-16-19-23(21(22)4)20(3)6-2/h6,16,18-19H,5,7-15,17H2,1-4H3/b20-6+. The Labute approximate surface area is 145 Å². The number of benzene rings is 1. The van der Waals surface area contributed by atoms with E-state index in [2.05, 4.69) is 52.0 Å². The van der Waals surface area contributed by atoms with Crippen LogP contribution < -0.4 is 0 Å². The number of hydrogen-bond acceptors (Lipinski definition) is 0. The lowest BCUT2D eigenvalue weighted by atomic mass is 9.94. The molecule has 1 aromatic rings. The Morgan fingerprint density at radius 3 is 2.00 bits per heavy atom. The average molecular weight is 315 g/mol. The lowest BCUT2D eigenvalue weighted by molar-refractivity contribution is 0.556. The monoisotopic (exact) mass is 314 g/mol. The molecule has 0 amide bonds. The SMILES string of the molecule is C/C=C(\C)c1cccc(CCCCCCCCCCCC)c1C. The van der Waals surface area contributed by atoms with Gasteiger partial charge in [-0.25, -0.2) is 0 Å². The third-order valence-electron chi connectivity index (χ3n) is 5.10. The predicted molar refractivity (Wildman–Crippen MR) is 106 cm³/mol. The topological polar surface area (TPSA) is 0 Å². The molecule has 0 spiro atoms. The zero-order chi connectivity index (χ0) is 16.9. The Bertz CT molecular complexity index is 453. The highest BCUT2D eigenvalue weighted by molar-refractivity contribution is 5.67. The molecule has 0 radical (unpaired) electrons. The molecule has 0 bridgehead atoms. The summed E-state index contributed by atoms with van der Waals surface area (Å²) >= 11 is 0. The maximum absolute atomic E-state index is 2.31. The highest BCUT2D eigenvalue weighted by atomic mass is 14.1. The van der Waals surface area contributed by atoms with Crippen molar-refractivity contribution >= 4 is 5.57 Å². The summed E-state index contributed by atoms with van der Waals surface area (Å²) in [6.07, 6.45) is 17.6. The molecule has 23 heavy (non-hydrogen) atoms. The van der Waals surface area contributed by atoms with Gasteiger partial charge in [0.25, 0.3) is 0 Å². The molecule has 0 N–H and O–H groups in total. The van der Waals surface area contributed by atoms with Crippen LogP contribution in [0.15, 0.2) is 24.3 Å². The van der Waals surface area contributed by atoms with Gasteiger partial charge in [-0.15, -0.1) is 0 Å². The van der Waals surface area contributed by atoms with Gasteiger partial charge in [0.15, 0.2) is 0 Å². The van der Waals surface area contributed by atoms with Gasteiger partial charge in [0.1, 0.15) is 0 Å². The third kappa shape index (κ3) is 7.86. The summed E-state index contributed by atoms with van der Waals surface area (Å²) in [4.78, 5) is 0. The lowest BCUT2D eigenvalue weighted by Crippen LogP contribution is -1.95. The van der Waals surface area contributed by atoms with E-state index in [9.17, 15) is 0 Å². The first-order valence-corrected chi connectivity index (χ1v) is 9.92.